The molecular formula is C21H29N3O3S. The lowest BCUT2D eigenvalue weighted by atomic mass is 9.86. The van der Waals surface area contributed by atoms with Crippen LogP contribution in [0.3, 0.4) is 0 Å². The molecule has 0 bridgehead atoms. The second-order valence-electron chi connectivity index (χ2n) is 7.80. The first-order valence-corrected chi connectivity index (χ1v) is 11.1. The van der Waals surface area contributed by atoms with Gasteiger partial charge in [-0.25, -0.2) is 4.98 Å². The van der Waals surface area contributed by atoms with Crippen LogP contribution in [0.2, 0.25) is 0 Å². The van der Waals surface area contributed by atoms with E-state index in [0.29, 0.717) is 12.0 Å². The lowest BCUT2D eigenvalue weighted by Gasteiger charge is -2.45. The first-order chi connectivity index (χ1) is 13.7. The number of thiazole rings is 1. The maximum atomic E-state index is 13.2. The summed E-state index contributed by atoms with van der Waals surface area (Å²) in [6.45, 7) is 7.26. The third-order valence-corrected chi connectivity index (χ3v) is 6.92. The summed E-state index contributed by atoms with van der Waals surface area (Å²) in [5.74, 6) is 0.496. The summed E-state index contributed by atoms with van der Waals surface area (Å²) < 4.78 is 6.64. The van der Waals surface area contributed by atoms with Crippen molar-refractivity contribution in [1.29, 1.82) is 0 Å². The molecule has 0 radical (unpaired) electrons. The molecule has 28 heavy (non-hydrogen) atoms. The van der Waals surface area contributed by atoms with Gasteiger partial charge in [-0.05, 0) is 50.3 Å². The molecule has 1 amide bonds. The van der Waals surface area contributed by atoms with Gasteiger partial charge in [0.15, 0.2) is 0 Å². The normalized spacial score (nSPS) is 24.0. The lowest BCUT2D eigenvalue weighted by molar-refractivity contribution is -0.0196. The van der Waals surface area contributed by atoms with E-state index in [9.17, 15) is 9.90 Å². The molecule has 6 nitrogen and oxygen atoms in total. The number of hydrogen-bond donors (Lipinski definition) is 1. The minimum atomic E-state index is 0.0991. The topological polar surface area (TPSA) is 65.9 Å². The predicted octanol–water partition coefficient (Wildman–Crippen LogP) is 2.54. The number of aromatic nitrogens is 1. The molecular weight excluding hydrogens is 374 g/mol. The average molecular weight is 404 g/mol. The van der Waals surface area contributed by atoms with Crippen LogP contribution in [-0.2, 0) is 4.74 Å². The Morgan fingerprint density at radius 3 is 2.93 bits per heavy atom. The van der Waals surface area contributed by atoms with Gasteiger partial charge in [-0.15, -0.1) is 11.3 Å². The van der Waals surface area contributed by atoms with E-state index in [4.69, 9.17) is 4.74 Å². The largest absolute Gasteiger partial charge is 0.396 e. The van der Waals surface area contributed by atoms with Crippen molar-refractivity contribution < 1.29 is 14.6 Å². The summed E-state index contributed by atoms with van der Waals surface area (Å²) in [6.07, 6.45) is 2.73. The van der Waals surface area contributed by atoms with Crippen LogP contribution in [0.5, 0.6) is 0 Å². The van der Waals surface area contributed by atoms with Crippen LogP contribution in [0.15, 0.2) is 18.2 Å². The van der Waals surface area contributed by atoms with Gasteiger partial charge < -0.3 is 14.7 Å². The molecule has 152 valence electrons. The monoisotopic (exact) mass is 403 g/mol. The van der Waals surface area contributed by atoms with Gasteiger partial charge in [0, 0.05) is 44.4 Å². The highest BCUT2D eigenvalue weighted by Crippen LogP contribution is 2.29. The minimum Gasteiger partial charge on any atom is -0.396 e. The second kappa shape index (κ2) is 8.86. The van der Waals surface area contributed by atoms with Crippen molar-refractivity contribution in [2.75, 3.05) is 46.0 Å². The molecule has 0 aliphatic carbocycles. The van der Waals surface area contributed by atoms with Crippen molar-refractivity contribution in [3.8, 4) is 0 Å². The number of amides is 1. The molecule has 2 aromatic rings. The number of carbonyl (C=O) groups excluding carboxylic acids is 1. The van der Waals surface area contributed by atoms with Crippen LogP contribution in [0.1, 0.15) is 34.6 Å². The molecule has 2 saturated heterocycles. The Morgan fingerprint density at radius 2 is 2.14 bits per heavy atom. The smallest absolute Gasteiger partial charge is 0.253 e. The summed E-state index contributed by atoms with van der Waals surface area (Å²) >= 11 is 1.66. The van der Waals surface area contributed by atoms with Crippen LogP contribution in [0.4, 0.5) is 0 Å². The molecule has 0 spiro atoms. The third kappa shape index (κ3) is 4.22. The standard InChI is InChI=1S/C21H29N3O3S/c1-15-22-18-13-16(4-5-20(18)28-15)21(26)24-7-6-19(17(14-24)3-2-10-25)23-8-11-27-12-9-23/h4-5,13,17,19,25H,2-3,6-12,14H2,1H3. The van der Waals surface area contributed by atoms with Gasteiger partial charge in [-0.1, -0.05) is 0 Å². The fraction of sp³-hybridized carbons (Fsp3) is 0.619. The van der Waals surface area contributed by atoms with Crippen LogP contribution >= 0.6 is 11.3 Å². The van der Waals surface area contributed by atoms with Gasteiger partial charge in [0.2, 0.25) is 0 Å². The van der Waals surface area contributed by atoms with Crippen molar-refractivity contribution in [3.05, 3.63) is 28.8 Å². The predicted molar refractivity (Wildman–Crippen MR) is 111 cm³/mol. The average Bonchev–Trinajstić information content (AvgIpc) is 3.11. The van der Waals surface area contributed by atoms with Crippen molar-refractivity contribution >= 4 is 27.5 Å². The van der Waals surface area contributed by atoms with E-state index < -0.39 is 0 Å². The van der Waals surface area contributed by atoms with Gasteiger partial charge in [0.05, 0.1) is 28.4 Å². The summed E-state index contributed by atoms with van der Waals surface area (Å²) in [5.41, 5.74) is 1.64. The number of carbonyl (C=O) groups is 1. The van der Waals surface area contributed by atoms with E-state index in [1.165, 1.54) is 0 Å². The number of fused-ring (bicyclic) bond motifs is 1. The summed E-state index contributed by atoms with van der Waals surface area (Å²) in [7, 11) is 0. The Kier molecular flexibility index (Phi) is 6.25. The molecule has 2 fully saturated rings. The number of aliphatic hydroxyl groups is 1. The Hall–Kier alpha value is -1.54. The minimum absolute atomic E-state index is 0.0991. The number of rotatable bonds is 5. The SMILES string of the molecule is Cc1nc2cc(C(=O)N3CCC(N4CCOCC4)C(CCCO)C3)ccc2s1. The van der Waals surface area contributed by atoms with Crippen LogP contribution in [0, 0.1) is 12.8 Å². The fourth-order valence-corrected chi connectivity index (χ4v) is 5.40. The molecule has 1 aromatic heterocycles. The number of piperidine rings is 1. The van der Waals surface area contributed by atoms with Crippen LogP contribution in [0.25, 0.3) is 10.2 Å². The number of benzene rings is 1. The second-order valence-corrected chi connectivity index (χ2v) is 9.03. The highest BCUT2D eigenvalue weighted by molar-refractivity contribution is 7.18. The number of likely N-dealkylation sites (tertiary alicyclic amines) is 1. The molecule has 2 aliphatic heterocycles. The van der Waals surface area contributed by atoms with Gasteiger partial charge in [-0.3, -0.25) is 9.69 Å². The zero-order valence-corrected chi connectivity index (χ0v) is 17.3. The first-order valence-electron chi connectivity index (χ1n) is 10.2. The molecule has 7 heteroatoms. The molecule has 2 unspecified atom stereocenters. The van der Waals surface area contributed by atoms with Crippen molar-refractivity contribution in [2.45, 2.75) is 32.2 Å². The van der Waals surface area contributed by atoms with Crippen LogP contribution < -0.4 is 0 Å². The van der Waals surface area contributed by atoms with E-state index in [1.807, 2.05) is 30.0 Å². The maximum Gasteiger partial charge on any atom is 0.253 e. The van der Waals surface area contributed by atoms with E-state index in [0.717, 1.165) is 79.4 Å². The zero-order valence-electron chi connectivity index (χ0n) is 16.5. The number of nitrogens with zero attached hydrogens (tertiary/aromatic N) is 3. The van der Waals surface area contributed by atoms with E-state index in [2.05, 4.69) is 9.88 Å². The molecule has 2 atom stereocenters. The Balaban J connectivity index is 1.48. The number of ether oxygens (including phenoxy) is 1. The van der Waals surface area contributed by atoms with E-state index in [1.54, 1.807) is 11.3 Å². The lowest BCUT2D eigenvalue weighted by Crippen LogP contribution is -2.55. The summed E-state index contributed by atoms with van der Waals surface area (Å²) in [6, 6.07) is 6.34. The first kappa shape index (κ1) is 19.8. The van der Waals surface area contributed by atoms with Crippen molar-refractivity contribution in [1.82, 2.24) is 14.8 Å². The van der Waals surface area contributed by atoms with Crippen molar-refractivity contribution in [3.63, 3.8) is 0 Å². The maximum absolute atomic E-state index is 13.2. The molecule has 1 N–H and O–H groups in total. The van der Waals surface area contributed by atoms with E-state index in [-0.39, 0.29) is 12.5 Å². The quantitative estimate of drug-likeness (QED) is 0.831. The van der Waals surface area contributed by atoms with Gasteiger partial charge >= 0.3 is 0 Å². The Labute approximate surface area is 170 Å². The number of aryl methyl sites for hydroxylation is 1. The van der Waals surface area contributed by atoms with Gasteiger partial charge in [0.1, 0.15) is 0 Å². The van der Waals surface area contributed by atoms with E-state index >= 15 is 0 Å². The number of hydrogen-bond acceptors (Lipinski definition) is 6. The summed E-state index contributed by atoms with van der Waals surface area (Å²) in [5, 5.41) is 10.4. The molecule has 0 saturated carbocycles. The van der Waals surface area contributed by atoms with Gasteiger partial charge in [0.25, 0.3) is 5.91 Å². The molecule has 2 aliphatic rings. The zero-order chi connectivity index (χ0) is 19.5. The molecule has 3 heterocycles. The summed E-state index contributed by atoms with van der Waals surface area (Å²) in [4.78, 5) is 22.2. The molecule has 1 aromatic carbocycles. The number of aliphatic hydroxyl groups excluding tert-OH is 1. The Morgan fingerprint density at radius 1 is 1.32 bits per heavy atom. The van der Waals surface area contributed by atoms with Gasteiger partial charge in [-0.2, -0.15) is 0 Å². The highest BCUT2D eigenvalue weighted by atomic mass is 32.1. The Bertz CT molecular complexity index is 818. The van der Waals surface area contributed by atoms with Crippen LogP contribution in [-0.4, -0.2) is 77.8 Å². The molecule has 4 rings (SSSR count). The fourth-order valence-electron chi connectivity index (χ4n) is 4.59. The number of morpholine rings is 1. The highest BCUT2D eigenvalue weighted by Gasteiger charge is 2.35. The van der Waals surface area contributed by atoms with Crippen molar-refractivity contribution in [2.24, 2.45) is 5.92 Å². The third-order valence-electron chi connectivity index (χ3n) is 5.97.